The molecule has 0 amide bonds. The lowest BCUT2D eigenvalue weighted by Crippen LogP contribution is -2.24. The van der Waals surface area contributed by atoms with Gasteiger partial charge in [0.25, 0.3) is 0 Å². The van der Waals surface area contributed by atoms with Crippen LogP contribution in [0.2, 0.25) is 0 Å². The normalized spacial score (nSPS) is 11.8. The molecule has 0 aliphatic rings. The van der Waals surface area contributed by atoms with Crippen LogP contribution in [0.5, 0.6) is 5.75 Å². The monoisotopic (exact) mass is 550 g/mol. The number of hydrazone groups is 1. The van der Waals surface area contributed by atoms with E-state index in [2.05, 4.69) is 25.0 Å². The number of thiocarbonyl (C=S) groups is 1. The Labute approximate surface area is 226 Å². The molecule has 38 heavy (non-hydrogen) atoms. The van der Waals surface area contributed by atoms with Gasteiger partial charge in [-0.25, -0.2) is 0 Å². The maximum atomic E-state index is 12.5. The molecule has 4 aromatic carbocycles. The van der Waals surface area contributed by atoms with Crippen molar-refractivity contribution >= 4 is 62.4 Å². The summed E-state index contributed by atoms with van der Waals surface area (Å²) >= 11 is 6.68. The van der Waals surface area contributed by atoms with Crippen molar-refractivity contribution in [2.75, 3.05) is 5.32 Å². The molecular weight excluding hydrogens is 529 g/mol. The van der Waals surface area contributed by atoms with Crippen molar-refractivity contribution in [1.29, 1.82) is 0 Å². The van der Waals surface area contributed by atoms with Gasteiger partial charge in [-0.2, -0.15) is 9.47 Å². The number of hydrogen-bond donors (Lipinski definition) is 2. The van der Waals surface area contributed by atoms with E-state index in [-0.39, 0.29) is 5.75 Å². The molecule has 0 aliphatic heterocycles. The van der Waals surface area contributed by atoms with E-state index in [9.17, 15) is 13.2 Å². The van der Waals surface area contributed by atoms with Gasteiger partial charge in [0, 0.05) is 16.5 Å². The molecule has 0 saturated heterocycles. The highest BCUT2D eigenvalue weighted by Gasteiger charge is 2.31. The number of alkyl halides is 3. The first kappa shape index (κ1) is 25.6. The second kappa shape index (κ2) is 10.4. The molecule has 10 heteroatoms. The van der Waals surface area contributed by atoms with Crippen molar-refractivity contribution in [3.05, 3.63) is 89.5 Å². The van der Waals surface area contributed by atoms with Gasteiger partial charge in [-0.05, 0) is 95.6 Å². The lowest BCUT2D eigenvalue weighted by Gasteiger charge is -2.12. The Balaban J connectivity index is 1.32. The molecule has 0 unspecified atom stereocenters. The van der Waals surface area contributed by atoms with Gasteiger partial charge in [0.1, 0.15) is 5.75 Å². The first-order valence-corrected chi connectivity index (χ1v) is 12.7. The topological polar surface area (TPSA) is 58.5 Å². The number of anilines is 1. The fraction of sp³-hybridized carbons (Fsp3) is 0.107. The van der Waals surface area contributed by atoms with Crippen LogP contribution in [-0.4, -0.2) is 22.1 Å². The van der Waals surface area contributed by atoms with E-state index in [1.165, 1.54) is 23.7 Å². The molecule has 192 valence electrons. The molecule has 0 bridgehead atoms. The zero-order valence-electron chi connectivity index (χ0n) is 20.3. The summed E-state index contributed by atoms with van der Waals surface area (Å²) in [6.07, 6.45) is -3.03. The van der Waals surface area contributed by atoms with Crippen molar-refractivity contribution in [3.8, 4) is 16.2 Å². The predicted octanol–water partition coefficient (Wildman–Crippen LogP) is 7.95. The molecular formula is C28H21F3N4OS2. The van der Waals surface area contributed by atoms with Gasteiger partial charge in [0.05, 0.1) is 16.6 Å². The van der Waals surface area contributed by atoms with E-state index in [0.29, 0.717) is 5.11 Å². The van der Waals surface area contributed by atoms with Crippen molar-refractivity contribution in [2.24, 2.45) is 5.10 Å². The third kappa shape index (κ3) is 5.61. The van der Waals surface area contributed by atoms with E-state index in [0.717, 1.165) is 54.5 Å². The first-order chi connectivity index (χ1) is 18.2. The number of para-hydroxylation sites is 1. The smallest absolute Gasteiger partial charge is 0.406 e. The number of halogens is 3. The minimum absolute atomic E-state index is 0.258. The summed E-state index contributed by atoms with van der Waals surface area (Å²) in [6.45, 7) is 4.03. The van der Waals surface area contributed by atoms with Crippen LogP contribution >= 0.6 is 23.8 Å². The number of benzene rings is 4. The molecule has 0 radical (unpaired) electrons. The number of hydrogen-bond acceptors (Lipinski definition) is 5. The fourth-order valence-corrected chi connectivity index (χ4v) is 5.21. The fourth-order valence-electron chi connectivity index (χ4n) is 4.17. The second-order valence-corrected chi connectivity index (χ2v) is 9.80. The average Bonchev–Trinajstić information content (AvgIpc) is 3.30. The third-order valence-electron chi connectivity index (χ3n) is 5.94. The standard InChI is InChI=1S/C28H21F3N4OS2/c1-16-4-3-5-17(2)24(16)33-27(37)34-32-15-18-6-12-22-20(14-18)9-13-23-25(22)35-38-26(23)19-7-10-21(11-8-19)36-28(29,30)31/h3-15H,1-2H3,(H2,33,34,37). The van der Waals surface area contributed by atoms with E-state index in [1.54, 1.807) is 18.3 Å². The molecule has 5 rings (SSSR count). The van der Waals surface area contributed by atoms with Crippen LogP contribution in [0.15, 0.2) is 77.9 Å². The van der Waals surface area contributed by atoms with Gasteiger partial charge >= 0.3 is 6.36 Å². The second-order valence-electron chi connectivity index (χ2n) is 8.62. The molecule has 1 heterocycles. The number of aromatic nitrogens is 1. The molecule has 5 nitrogen and oxygen atoms in total. The summed E-state index contributed by atoms with van der Waals surface area (Å²) < 4.78 is 46.0. The largest absolute Gasteiger partial charge is 0.573 e. The number of fused-ring (bicyclic) bond motifs is 3. The van der Waals surface area contributed by atoms with Crippen molar-refractivity contribution in [3.63, 3.8) is 0 Å². The summed E-state index contributed by atoms with van der Waals surface area (Å²) in [5.74, 6) is -0.258. The van der Waals surface area contributed by atoms with Gasteiger partial charge in [-0.3, -0.25) is 5.43 Å². The van der Waals surface area contributed by atoms with Crippen LogP contribution in [0.4, 0.5) is 18.9 Å². The van der Waals surface area contributed by atoms with Crippen LogP contribution in [0.1, 0.15) is 16.7 Å². The Kier molecular flexibility index (Phi) is 7.00. The quantitative estimate of drug-likeness (QED) is 0.132. The number of nitrogens with zero attached hydrogens (tertiary/aromatic N) is 2. The van der Waals surface area contributed by atoms with Crippen molar-refractivity contribution in [1.82, 2.24) is 9.80 Å². The Morgan fingerprint density at radius 1 is 0.974 bits per heavy atom. The van der Waals surface area contributed by atoms with Gasteiger partial charge in [-0.15, -0.1) is 13.2 Å². The number of nitrogens with one attached hydrogen (secondary N) is 2. The van der Waals surface area contributed by atoms with Crippen LogP contribution in [-0.2, 0) is 0 Å². The minimum Gasteiger partial charge on any atom is -0.406 e. The van der Waals surface area contributed by atoms with Gasteiger partial charge in [0.2, 0.25) is 0 Å². The molecule has 0 atom stereocenters. The molecule has 0 saturated carbocycles. The lowest BCUT2D eigenvalue weighted by atomic mass is 10.0. The lowest BCUT2D eigenvalue weighted by molar-refractivity contribution is -0.274. The van der Waals surface area contributed by atoms with E-state index < -0.39 is 6.36 Å². The van der Waals surface area contributed by atoms with Crippen molar-refractivity contribution in [2.45, 2.75) is 20.2 Å². The zero-order valence-corrected chi connectivity index (χ0v) is 21.9. The van der Waals surface area contributed by atoms with E-state index in [1.807, 2.05) is 62.4 Å². The summed E-state index contributed by atoms with van der Waals surface area (Å²) in [6, 6.07) is 21.7. The van der Waals surface area contributed by atoms with E-state index in [4.69, 9.17) is 12.2 Å². The Bertz CT molecular complexity index is 1660. The summed E-state index contributed by atoms with van der Waals surface area (Å²) in [4.78, 5) is 0.875. The zero-order chi connectivity index (χ0) is 26.9. The van der Waals surface area contributed by atoms with Crippen LogP contribution < -0.4 is 15.5 Å². The molecule has 0 fully saturated rings. The van der Waals surface area contributed by atoms with Crippen LogP contribution in [0, 0.1) is 13.8 Å². The Morgan fingerprint density at radius 2 is 1.68 bits per heavy atom. The summed E-state index contributed by atoms with van der Waals surface area (Å²) in [5.41, 5.74) is 8.49. The predicted molar refractivity (Wildman–Crippen MR) is 152 cm³/mol. The summed E-state index contributed by atoms with van der Waals surface area (Å²) in [5, 5.41) is 10.7. The molecule has 2 N–H and O–H groups in total. The number of rotatable bonds is 5. The average molecular weight is 551 g/mol. The Morgan fingerprint density at radius 3 is 2.39 bits per heavy atom. The SMILES string of the molecule is Cc1cccc(C)c1NC(=S)NN=Cc1ccc2c(ccc3c(-c4ccc(OC(F)(F)F)cc4)snc32)c1. The minimum atomic E-state index is -4.72. The highest BCUT2D eigenvalue weighted by Crippen LogP contribution is 2.37. The van der Waals surface area contributed by atoms with Crippen molar-refractivity contribution < 1.29 is 17.9 Å². The van der Waals surface area contributed by atoms with Gasteiger partial charge in [-0.1, -0.05) is 42.5 Å². The van der Waals surface area contributed by atoms with Gasteiger partial charge in [0.15, 0.2) is 5.11 Å². The Hall–Kier alpha value is -4.02. The summed E-state index contributed by atoms with van der Waals surface area (Å²) in [7, 11) is 0. The maximum Gasteiger partial charge on any atom is 0.573 e. The maximum absolute atomic E-state index is 12.5. The number of aryl methyl sites for hydroxylation is 2. The third-order valence-corrected chi connectivity index (χ3v) is 7.04. The van der Waals surface area contributed by atoms with Crippen LogP contribution in [0.3, 0.4) is 0 Å². The molecule has 1 aromatic heterocycles. The van der Waals surface area contributed by atoms with Crippen LogP contribution in [0.25, 0.3) is 32.1 Å². The molecule has 0 spiro atoms. The first-order valence-electron chi connectivity index (χ1n) is 11.5. The number of ether oxygens (including phenoxy) is 1. The van der Waals surface area contributed by atoms with Gasteiger partial charge < -0.3 is 10.1 Å². The van der Waals surface area contributed by atoms with E-state index >= 15 is 0 Å². The molecule has 5 aromatic rings. The highest BCUT2D eigenvalue weighted by atomic mass is 32.1. The highest BCUT2D eigenvalue weighted by molar-refractivity contribution is 7.80. The molecule has 0 aliphatic carbocycles.